The Hall–Kier alpha value is -0.500. The minimum absolute atomic E-state index is 0.0838. The zero-order valence-corrected chi connectivity index (χ0v) is 11.0. The Balaban J connectivity index is 2.67. The van der Waals surface area contributed by atoms with Crippen molar-refractivity contribution in [3.05, 3.63) is 10.7 Å². The van der Waals surface area contributed by atoms with Gasteiger partial charge >= 0.3 is 0 Å². The summed E-state index contributed by atoms with van der Waals surface area (Å²) in [5, 5.41) is 9.32. The van der Waals surface area contributed by atoms with E-state index in [4.69, 9.17) is 5.11 Å². The molecule has 0 aliphatic heterocycles. The number of sulfonamides is 1. The topological polar surface area (TPSA) is 79.3 Å². The van der Waals surface area contributed by atoms with Crippen LogP contribution in [0.5, 0.6) is 0 Å². The summed E-state index contributed by atoms with van der Waals surface area (Å²) in [4.78, 5) is 4.08. The molecule has 92 valence electrons. The molecule has 2 N–H and O–H groups in total. The van der Waals surface area contributed by atoms with Gasteiger partial charge in [0.05, 0.1) is 10.7 Å². The van der Waals surface area contributed by atoms with Gasteiger partial charge in [-0.05, 0) is 26.7 Å². The fourth-order valence-corrected chi connectivity index (χ4v) is 3.87. The largest absolute Gasteiger partial charge is 0.396 e. The first-order valence-corrected chi connectivity index (χ1v) is 7.32. The summed E-state index contributed by atoms with van der Waals surface area (Å²) in [5.74, 6) is 0. The van der Waals surface area contributed by atoms with E-state index >= 15 is 0 Å². The molecule has 1 heterocycles. The van der Waals surface area contributed by atoms with E-state index in [1.165, 1.54) is 11.3 Å². The van der Waals surface area contributed by atoms with E-state index < -0.39 is 10.0 Å². The maximum absolute atomic E-state index is 11.8. The van der Waals surface area contributed by atoms with Gasteiger partial charge in [-0.15, -0.1) is 11.3 Å². The Morgan fingerprint density at radius 2 is 2.06 bits per heavy atom. The predicted molar refractivity (Wildman–Crippen MR) is 63.1 cm³/mol. The highest BCUT2D eigenvalue weighted by Gasteiger charge is 2.19. The highest BCUT2D eigenvalue weighted by molar-refractivity contribution is 7.91. The monoisotopic (exact) mass is 264 g/mol. The van der Waals surface area contributed by atoms with Crippen LogP contribution in [0.1, 0.15) is 23.5 Å². The Kier molecular flexibility index (Phi) is 4.85. The quantitative estimate of drug-likeness (QED) is 0.745. The van der Waals surface area contributed by atoms with Crippen LogP contribution >= 0.6 is 11.3 Å². The van der Waals surface area contributed by atoms with Gasteiger partial charge in [0.25, 0.3) is 10.0 Å². The van der Waals surface area contributed by atoms with E-state index in [0.29, 0.717) is 25.1 Å². The summed E-state index contributed by atoms with van der Waals surface area (Å²) in [6.45, 7) is 3.90. The molecule has 0 aliphatic rings. The molecule has 0 saturated heterocycles. The van der Waals surface area contributed by atoms with Gasteiger partial charge in [0, 0.05) is 13.2 Å². The molecule has 16 heavy (non-hydrogen) atoms. The smallest absolute Gasteiger partial charge is 0.251 e. The SMILES string of the molecule is Cc1nc(C)c(S(=O)(=O)NCCCCO)s1. The van der Waals surface area contributed by atoms with Crippen molar-refractivity contribution < 1.29 is 13.5 Å². The van der Waals surface area contributed by atoms with Gasteiger partial charge in [-0.25, -0.2) is 18.1 Å². The first-order valence-electron chi connectivity index (χ1n) is 5.02. The van der Waals surface area contributed by atoms with Gasteiger partial charge in [-0.3, -0.25) is 0 Å². The molecule has 1 rings (SSSR count). The molecule has 0 spiro atoms. The van der Waals surface area contributed by atoms with Crippen molar-refractivity contribution in [2.45, 2.75) is 30.9 Å². The molecule has 1 aromatic rings. The number of hydrogen-bond donors (Lipinski definition) is 2. The van der Waals surface area contributed by atoms with Gasteiger partial charge in [-0.2, -0.15) is 0 Å². The Morgan fingerprint density at radius 3 is 2.56 bits per heavy atom. The van der Waals surface area contributed by atoms with Crippen LogP contribution in [0, 0.1) is 13.8 Å². The van der Waals surface area contributed by atoms with Crippen molar-refractivity contribution in [3.63, 3.8) is 0 Å². The van der Waals surface area contributed by atoms with Gasteiger partial charge in [-0.1, -0.05) is 0 Å². The lowest BCUT2D eigenvalue weighted by atomic mass is 10.3. The molecule has 0 aliphatic carbocycles. The van der Waals surface area contributed by atoms with Crippen molar-refractivity contribution >= 4 is 21.4 Å². The van der Waals surface area contributed by atoms with Crippen molar-refractivity contribution in [3.8, 4) is 0 Å². The number of aliphatic hydroxyl groups excluding tert-OH is 1. The second-order valence-corrected chi connectivity index (χ2v) is 6.60. The van der Waals surface area contributed by atoms with Gasteiger partial charge in [0.2, 0.25) is 0 Å². The molecule has 0 radical (unpaired) electrons. The van der Waals surface area contributed by atoms with Crippen LogP contribution in [0.15, 0.2) is 4.21 Å². The van der Waals surface area contributed by atoms with Crippen LogP contribution in [0.3, 0.4) is 0 Å². The fraction of sp³-hybridized carbons (Fsp3) is 0.667. The molecule has 1 aromatic heterocycles. The fourth-order valence-electron chi connectivity index (χ4n) is 1.27. The highest BCUT2D eigenvalue weighted by atomic mass is 32.2. The second-order valence-electron chi connectivity index (χ2n) is 3.43. The number of rotatable bonds is 6. The Morgan fingerprint density at radius 1 is 1.38 bits per heavy atom. The van der Waals surface area contributed by atoms with Crippen LogP contribution in [-0.2, 0) is 10.0 Å². The number of aromatic nitrogens is 1. The Labute approximate surface area is 99.6 Å². The molecule has 5 nitrogen and oxygen atoms in total. The maximum Gasteiger partial charge on any atom is 0.251 e. The predicted octanol–water partition coefficient (Wildman–Crippen LogP) is 0.811. The number of nitrogens with one attached hydrogen (secondary N) is 1. The molecule has 0 fully saturated rings. The van der Waals surface area contributed by atoms with Crippen molar-refractivity contribution in [1.29, 1.82) is 0 Å². The number of aryl methyl sites for hydroxylation is 2. The van der Waals surface area contributed by atoms with Crippen molar-refractivity contribution in [2.75, 3.05) is 13.2 Å². The summed E-state index contributed by atoms with van der Waals surface area (Å²) < 4.78 is 26.4. The third kappa shape index (κ3) is 3.51. The third-order valence-corrected chi connectivity index (χ3v) is 5.13. The molecule has 0 aromatic carbocycles. The minimum Gasteiger partial charge on any atom is -0.396 e. The van der Waals surface area contributed by atoms with E-state index in [1.807, 2.05) is 0 Å². The third-order valence-electron chi connectivity index (χ3n) is 1.98. The van der Waals surface area contributed by atoms with Gasteiger partial charge in [0.1, 0.15) is 0 Å². The molecule has 0 saturated carbocycles. The summed E-state index contributed by atoms with van der Waals surface area (Å²) in [6, 6.07) is 0. The van der Waals surface area contributed by atoms with E-state index in [-0.39, 0.29) is 10.8 Å². The molecular weight excluding hydrogens is 248 g/mol. The molecule has 0 bridgehead atoms. The maximum atomic E-state index is 11.8. The summed E-state index contributed by atoms with van der Waals surface area (Å²) in [5.41, 5.74) is 0.539. The standard InChI is InChI=1S/C9H16N2O3S2/c1-7-9(15-8(2)11-7)16(13,14)10-5-3-4-6-12/h10,12H,3-6H2,1-2H3. The van der Waals surface area contributed by atoms with Gasteiger partial charge in [0.15, 0.2) is 4.21 Å². The van der Waals surface area contributed by atoms with E-state index in [0.717, 1.165) is 5.01 Å². The van der Waals surface area contributed by atoms with Crippen LogP contribution in [0.25, 0.3) is 0 Å². The number of aliphatic hydroxyl groups is 1. The molecule has 0 amide bonds. The summed E-state index contributed by atoms with van der Waals surface area (Å²) >= 11 is 1.17. The second kappa shape index (κ2) is 5.72. The van der Waals surface area contributed by atoms with Crippen LogP contribution in [0.2, 0.25) is 0 Å². The van der Waals surface area contributed by atoms with E-state index in [1.54, 1.807) is 13.8 Å². The van der Waals surface area contributed by atoms with Crippen LogP contribution < -0.4 is 4.72 Å². The first-order chi connectivity index (χ1) is 7.47. The molecule has 0 atom stereocenters. The average molecular weight is 264 g/mol. The van der Waals surface area contributed by atoms with Gasteiger partial charge < -0.3 is 5.11 Å². The van der Waals surface area contributed by atoms with E-state index in [2.05, 4.69) is 9.71 Å². The lowest BCUT2D eigenvalue weighted by Crippen LogP contribution is -2.24. The Bertz CT molecular complexity index is 440. The van der Waals surface area contributed by atoms with E-state index in [9.17, 15) is 8.42 Å². The number of unbranched alkanes of at least 4 members (excludes halogenated alkanes) is 1. The molecule has 0 unspecified atom stereocenters. The zero-order chi connectivity index (χ0) is 12.2. The number of thiazole rings is 1. The molecule has 7 heteroatoms. The first kappa shape index (κ1) is 13.6. The number of hydrogen-bond acceptors (Lipinski definition) is 5. The summed E-state index contributed by atoms with van der Waals surface area (Å²) in [7, 11) is -3.43. The summed E-state index contributed by atoms with van der Waals surface area (Å²) in [6.07, 6.45) is 1.23. The van der Waals surface area contributed by atoms with Crippen LogP contribution in [0.4, 0.5) is 0 Å². The lowest BCUT2D eigenvalue weighted by molar-refractivity contribution is 0.285. The minimum atomic E-state index is -3.43. The van der Waals surface area contributed by atoms with Crippen LogP contribution in [-0.4, -0.2) is 31.7 Å². The lowest BCUT2D eigenvalue weighted by Gasteiger charge is -2.04. The highest BCUT2D eigenvalue weighted by Crippen LogP contribution is 2.22. The van der Waals surface area contributed by atoms with Crippen molar-refractivity contribution in [1.82, 2.24) is 9.71 Å². The zero-order valence-electron chi connectivity index (χ0n) is 9.36. The average Bonchev–Trinajstić information content (AvgIpc) is 2.53. The van der Waals surface area contributed by atoms with Crippen molar-refractivity contribution in [2.24, 2.45) is 0 Å². The number of nitrogens with zero attached hydrogens (tertiary/aromatic N) is 1. The molecular formula is C9H16N2O3S2. The normalized spacial score (nSPS) is 11.9.